The van der Waals surface area contributed by atoms with Gasteiger partial charge >= 0.3 is 0 Å². The first-order chi connectivity index (χ1) is 6.77. The minimum atomic E-state index is -0.632. The lowest BCUT2D eigenvalue weighted by Gasteiger charge is -2.26. The molecule has 1 fully saturated rings. The van der Waals surface area contributed by atoms with Crippen LogP contribution in [0.1, 0.15) is 11.0 Å². The molecule has 0 radical (unpaired) electrons. The molecule has 1 aliphatic rings. The van der Waals surface area contributed by atoms with Gasteiger partial charge in [0.25, 0.3) is 0 Å². The molecule has 1 N–H and O–H groups in total. The van der Waals surface area contributed by atoms with E-state index < -0.39 is 6.10 Å². The molecule has 0 aromatic carbocycles. The molecule has 1 aromatic heterocycles. The Morgan fingerprint density at radius 3 is 2.93 bits per heavy atom. The van der Waals surface area contributed by atoms with E-state index in [0.717, 1.165) is 4.88 Å². The fraction of sp³-hybridized carbons (Fsp3) is 0.556. The van der Waals surface area contributed by atoms with Gasteiger partial charge in [-0.05, 0) is 12.1 Å². The van der Waals surface area contributed by atoms with Crippen LogP contribution in [0.3, 0.4) is 0 Å². The van der Waals surface area contributed by atoms with Gasteiger partial charge in [-0.2, -0.15) is 0 Å². The highest BCUT2D eigenvalue weighted by Gasteiger charge is 2.25. The topological polar surface area (TPSA) is 38.7 Å². The summed E-state index contributed by atoms with van der Waals surface area (Å²) in [7, 11) is 0. The van der Waals surface area contributed by atoms with E-state index in [4.69, 9.17) is 21.1 Å². The molecule has 78 valence electrons. The van der Waals surface area contributed by atoms with E-state index >= 15 is 0 Å². The van der Waals surface area contributed by atoms with Gasteiger partial charge in [-0.1, -0.05) is 11.6 Å². The van der Waals surface area contributed by atoms with Gasteiger partial charge in [0.2, 0.25) is 0 Å². The lowest BCUT2D eigenvalue weighted by atomic mass is 10.2. The minimum absolute atomic E-state index is 0.265. The Hall–Kier alpha value is -0.130. The van der Waals surface area contributed by atoms with Crippen LogP contribution in [0.25, 0.3) is 0 Å². The Morgan fingerprint density at radius 2 is 2.36 bits per heavy atom. The third-order valence-corrected chi connectivity index (χ3v) is 3.38. The quantitative estimate of drug-likeness (QED) is 0.849. The number of rotatable bonds is 2. The van der Waals surface area contributed by atoms with Crippen LogP contribution in [0.15, 0.2) is 12.1 Å². The third kappa shape index (κ3) is 2.27. The Balaban J connectivity index is 2.03. The van der Waals surface area contributed by atoms with Crippen molar-refractivity contribution in [3.8, 4) is 0 Å². The lowest BCUT2D eigenvalue weighted by molar-refractivity contribution is -0.132. The van der Waals surface area contributed by atoms with Crippen molar-refractivity contribution in [3.05, 3.63) is 21.3 Å². The molecule has 3 nitrogen and oxygen atoms in total. The maximum Gasteiger partial charge on any atom is 0.117 e. The van der Waals surface area contributed by atoms with Crippen molar-refractivity contribution >= 4 is 22.9 Å². The summed E-state index contributed by atoms with van der Waals surface area (Å²) in [6.45, 7) is 1.59. The molecule has 1 aromatic rings. The molecule has 2 unspecified atom stereocenters. The average Bonchev–Trinajstić information content (AvgIpc) is 2.65. The van der Waals surface area contributed by atoms with E-state index in [0.29, 0.717) is 24.2 Å². The van der Waals surface area contributed by atoms with E-state index in [2.05, 4.69) is 0 Å². The van der Waals surface area contributed by atoms with Crippen LogP contribution in [0.5, 0.6) is 0 Å². The molecule has 0 bridgehead atoms. The first-order valence-corrected chi connectivity index (χ1v) is 5.59. The summed E-state index contributed by atoms with van der Waals surface area (Å²) in [6, 6.07) is 3.59. The van der Waals surface area contributed by atoms with Crippen molar-refractivity contribution in [2.75, 3.05) is 19.8 Å². The summed E-state index contributed by atoms with van der Waals surface area (Å²) in [6.07, 6.45) is -0.897. The molecule has 0 aliphatic carbocycles. The van der Waals surface area contributed by atoms with Gasteiger partial charge in [0, 0.05) is 4.88 Å². The second-order valence-electron chi connectivity index (χ2n) is 3.07. The normalized spacial score (nSPS) is 24.9. The molecule has 14 heavy (non-hydrogen) atoms. The average molecular weight is 235 g/mol. The number of hydrogen-bond acceptors (Lipinski definition) is 4. The van der Waals surface area contributed by atoms with Gasteiger partial charge in [0.15, 0.2) is 0 Å². The van der Waals surface area contributed by atoms with Crippen LogP contribution < -0.4 is 0 Å². The Labute approximate surface area is 91.2 Å². The van der Waals surface area contributed by atoms with Crippen LogP contribution in [-0.2, 0) is 9.47 Å². The molecule has 2 heterocycles. The standard InChI is InChI=1S/C9H11ClO3S/c10-8-2-1-7(14-8)9(11)6-5-12-3-4-13-6/h1-2,6,9,11H,3-5H2. The molecule has 1 saturated heterocycles. The van der Waals surface area contributed by atoms with E-state index in [9.17, 15) is 5.11 Å². The molecule has 1 aliphatic heterocycles. The number of halogens is 1. The third-order valence-electron chi connectivity index (χ3n) is 2.08. The molecule has 2 rings (SSSR count). The van der Waals surface area contributed by atoms with Crippen molar-refractivity contribution < 1.29 is 14.6 Å². The van der Waals surface area contributed by atoms with Crippen LogP contribution in [0, 0.1) is 0 Å². The zero-order chi connectivity index (χ0) is 9.97. The number of aliphatic hydroxyl groups is 1. The van der Waals surface area contributed by atoms with Crippen LogP contribution >= 0.6 is 22.9 Å². The fourth-order valence-corrected chi connectivity index (χ4v) is 2.46. The Kier molecular flexibility index (Phi) is 3.41. The number of ether oxygens (including phenoxy) is 2. The monoisotopic (exact) mass is 234 g/mol. The highest BCUT2D eigenvalue weighted by atomic mass is 35.5. The second-order valence-corrected chi connectivity index (χ2v) is 4.82. The Bertz CT molecular complexity index is 296. The van der Waals surface area contributed by atoms with Gasteiger partial charge in [-0.15, -0.1) is 11.3 Å². The van der Waals surface area contributed by atoms with Crippen molar-refractivity contribution in [1.82, 2.24) is 0 Å². The highest BCUT2D eigenvalue weighted by Crippen LogP contribution is 2.30. The van der Waals surface area contributed by atoms with E-state index in [1.165, 1.54) is 11.3 Å². The fourth-order valence-electron chi connectivity index (χ4n) is 1.36. The van der Waals surface area contributed by atoms with Gasteiger partial charge in [0.05, 0.1) is 24.2 Å². The zero-order valence-electron chi connectivity index (χ0n) is 7.48. The van der Waals surface area contributed by atoms with Crippen molar-refractivity contribution in [3.63, 3.8) is 0 Å². The predicted octanol–water partition coefficient (Wildman–Crippen LogP) is 1.85. The molecule has 5 heteroatoms. The molecular weight excluding hydrogens is 224 g/mol. The molecule has 0 spiro atoms. The zero-order valence-corrected chi connectivity index (χ0v) is 9.05. The largest absolute Gasteiger partial charge is 0.385 e. The highest BCUT2D eigenvalue weighted by molar-refractivity contribution is 7.16. The smallest absolute Gasteiger partial charge is 0.117 e. The summed E-state index contributed by atoms with van der Waals surface area (Å²) in [5.74, 6) is 0. The van der Waals surface area contributed by atoms with E-state index in [1.807, 2.05) is 6.07 Å². The minimum Gasteiger partial charge on any atom is -0.385 e. The first kappa shape index (κ1) is 10.4. The second kappa shape index (κ2) is 4.59. The molecule has 0 amide bonds. The summed E-state index contributed by atoms with van der Waals surface area (Å²) in [4.78, 5) is 0.825. The van der Waals surface area contributed by atoms with Crippen LogP contribution in [-0.4, -0.2) is 31.0 Å². The number of aliphatic hydroxyl groups excluding tert-OH is 1. The van der Waals surface area contributed by atoms with E-state index in [-0.39, 0.29) is 6.10 Å². The summed E-state index contributed by atoms with van der Waals surface area (Å²) in [5, 5.41) is 9.91. The maximum atomic E-state index is 9.91. The molecular formula is C9H11ClO3S. The molecule has 2 atom stereocenters. The lowest BCUT2D eigenvalue weighted by Crippen LogP contribution is -2.33. The van der Waals surface area contributed by atoms with Gasteiger partial charge in [0.1, 0.15) is 12.2 Å². The van der Waals surface area contributed by atoms with Crippen molar-refractivity contribution in [2.24, 2.45) is 0 Å². The predicted molar refractivity (Wildman–Crippen MR) is 54.8 cm³/mol. The van der Waals surface area contributed by atoms with Crippen molar-refractivity contribution in [1.29, 1.82) is 0 Å². The van der Waals surface area contributed by atoms with Crippen molar-refractivity contribution in [2.45, 2.75) is 12.2 Å². The van der Waals surface area contributed by atoms with Gasteiger partial charge in [-0.25, -0.2) is 0 Å². The molecule has 0 saturated carbocycles. The Morgan fingerprint density at radius 1 is 1.50 bits per heavy atom. The van der Waals surface area contributed by atoms with Gasteiger partial charge < -0.3 is 14.6 Å². The van der Waals surface area contributed by atoms with E-state index in [1.54, 1.807) is 6.07 Å². The number of thiophene rings is 1. The maximum absolute atomic E-state index is 9.91. The first-order valence-electron chi connectivity index (χ1n) is 4.40. The summed E-state index contributed by atoms with van der Waals surface area (Å²) >= 11 is 7.15. The number of hydrogen-bond donors (Lipinski definition) is 1. The van der Waals surface area contributed by atoms with Gasteiger partial charge in [-0.3, -0.25) is 0 Å². The SMILES string of the molecule is OC(c1ccc(Cl)s1)C1COCCO1. The summed E-state index contributed by atoms with van der Waals surface area (Å²) < 4.78 is 11.3. The van der Waals surface area contributed by atoms with Crippen LogP contribution in [0.2, 0.25) is 4.34 Å². The summed E-state index contributed by atoms with van der Waals surface area (Å²) in [5.41, 5.74) is 0. The van der Waals surface area contributed by atoms with Crippen LogP contribution in [0.4, 0.5) is 0 Å².